The molecule has 6 nitrogen and oxygen atoms in total. The number of anilines is 1. The van der Waals surface area contributed by atoms with Gasteiger partial charge in [0.2, 0.25) is 5.91 Å². The van der Waals surface area contributed by atoms with Crippen LogP contribution in [0.5, 0.6) is 5.75 Å². The predicted molar refractivity (Wildman–Crippen MR) is 129 cm³/mol. The van der Waals surface area contributed by atoms with Crippen LogP contribution in [-0.2, 0) is 4.79 Å². The van der Waals surface area contributed by atoms with E-state index in [0.29, 0.717) is 19.7 Å². The monoisotopic (exact) mass is 435 g/mol. The minimum atomic E-state index is -0.219. The van der Waals surface area contributed by atoms with E-state index in [-0.39, 0.29) is 17.9 Å². The minimum Gasteiger partial charge on any atom is -0.494 e. The molecule has 1 fully saturated rings. The Labute approximate surface area is 190 Å². The van der Waals surface area contributed by atoms with Crippen LogP contribution in [-0.4, -0.2) is 43.1 Å². The van der Waals surface area contributed by atoms with Gasteiger partial charge >= 0.3 is 6.03 Å². The number of nitrogens with one attached hydrogen (secondary N) is 2. The Morgan fingerprint density at radius 1 is 1.12 bits per heavy atom. The van der Waals surface area contributed by atoms with E-state index < -0.39 is 0 Å². The first-order chi connectivity index (χ1) is 15.5. The maximum Gasteiger partial charge on any atom is 0.319 e. The number of ether oxygens (including phenoxy) is 1. The average molecular weight is 436 g/mol. The Kier molecular flexibility index (Phi) is 8.72. The highest BCUT2D eigenvalue weighted by molar-refractivity contribution is 5.92. The normalized spacial score (nSPS) is 16.1. The molecule has 1 aliphatic heterocycles. The molecule has 1 atom stereocenters. The van der Waals surface area contributed by atoms with Gasteiger partial charge in [0, 0.05) is 31.4 Å². The van der Waals surface area contributed by atoms with Crippen molar-refractivity contribution in [2.75, 3.05) is 31.6 Å². The summed E-state index contributed by atoms with van der Waals surface area (Å²) in [5.74, 6) is 1.10. The molecular weight excluding hydrogens is 402 g/mol. The van der Waals surface area contributed by atoms with Crippen LogP contribution in [0.25, 0.3) is 6.08 Å². The number of amides is 3. The average Bonchev–Trinajstić information content (AvgIpc) is 2.82. The van der Waals surface area contributed by atoms with Gasteiger partial charge in [-0.1, -0.05) is 36.8 Å². The van der Waals surface area contributed by atoms with E-state index in [0.717, 1.165) is 48.4 Å². The summed E-state index contributed by atoms with van der Waals surface area (Å²) in [6.07, 6.45) is 6.37. The molecule has 2 N–H and O–H groups in total. The van der Waals surface area contributed by atoms with E-state index in [1.54, 1.807) is 6.08 Å². The van der Waals surface area contributed by atoms with Gasteiger partial charge in [0.05, 0.1) is 6.61 Å². The number of benzene rings is 2. The maximum atomic E-state index is 12.6. The molecular formula is C26H33N3O3. The molecule has 6 heteroatoms. The minimum absolute atomic E-state index is 0.00474. The zero-order valence-corrected chi connectivity index (χ0v) is 19.0. The SMILES string of the molecule is CCCOc1ccc(/C=C/C(=O)N2CCCC(CNC(=O)Nc3ccc(C)cc3)C2)cc1. The van der Waals surface area contributed by atoms with Crippen molar-refractivity contribution in [1.82, 2.24) is 10.2 Å². The first kappa shape index (κ1) is 23.4. The number of urea groups is 1. The van der Waals surface area contributed by atoms with Crippen molar-refractivity contribution in [2.24, 2.45) is 5.92 Å². The number of hydrogen-bond donors (Lipinski definition) is 2. The topological polar surface area (TPSA) is 70.7 Å². The standard InChI is InChI=1S/C26H33N3O3/c1-3-17-32-24-13-8-21(9-14-24)10-15-25(30)29-16-4-5-22(19-29)18-27-26(31)28-23-11-6-20(2)7-12-23/h6-15,22H,3-5,16-19H2,1-2H3,(H2,27,28,31)/b15-10+. The Hall–Kier alpha value is -3.28. The van der Waals surface area contributed by atoms with Crippen molar-refractivity contribution in [3.05, 3.63) is 65.7 Å². The molecule has 1 saturated heterocycles. The van der Waals surface area contributed by atoms with Crippen molar-refractivity contribution in [2.45, 2.75) is 33.1 Å². The van der Waals surface area contributed by atoms with E-state index in [1.807, 2.05) is 66.4 Å². The molecule has 2 aromatic carbocycles. The third kappa shape index (κ3) is 7.45. The molecule has 1 heterocycles. The lowest BCUT2D eigenvalue weighted by atomic mass is 9.98. The summed E-state index contributed by atoms with van der Waals surface area (Å²) in [4.78, 5) is 26.7. The van der Waals surface area contributed by atoms with Gasteiger partial charge in [0.1, 0.15) is 5.75 Å². The van der Waals surface area contributed by atoms with Gasteiger partial charge in [-0.15, -0.1) is 0 Å². The molecule has 1 unspecified atom stereocenters. The molecule has 0 aromatic heterocycles. The summed E-state index contributed by atoms with van der Waals surface area (Å²) in [5.41, 5.74) is 2.88. The largest absolute Gasteiger partial charge is 0.494 e. The Morgan fingerprint density at radius 2 is 1.88 bits per heavy atom. The quantitative estimate of drug-likeness (QED) is 0.582. The fourth-order valence-corrected chi connectivity index (χ4v) is 3.65. The molecule has 0 saturated carbocycles. The second-order valence-electron chi connectivity index (χ2n) is 8.24. The van der Waals surface area contributed by atoms with E-state index in [1.165, 1.54) is 0 Å². The lowest BCUT2D eigenvalue weighted by molar-refractivity contribution is -0.127. The van der Waals surface area contributed by atoms with E-state index in [9.17, 15) is 9.59 Å². The zero-order chi connectivity index (χ0) is 22.8. The van der Waals surface area contributed by atoms with Crippen LogP contribution in [0.2, 0.25) is 0 Å². The van der Waals surface area contributed by atoms with Gasteiger partial charge in [-0.2, -0.15) is 0 Å². The van der Waals surface area contributed by atoms with Crippen molar-refractivity contribution >= 4 is 23.7 Å². The molecule has 3 amide bonds. The molecule has 170 valence electrons. The first-order valence-corrected chi connectivity index (χ1v) is 11.3. The fraction of sp³-hybridized carbons (Fsp3) is 0.385. The summed E-state index contributed by atoms with van der Waals surface area (Å²) in [5, 5.41) is 5.78. The molecule has 3 rings (SSSR count). The van der Waals surface area contributed by atoms with Crippen molar-refractivity contribution < 1.29 is 14.3 Å². The van der Waals surface area contributed by atoms with Crippen molar-refractivity contribution in [1.29, 1.82) is 0 Å². The number of carbonyl (C=O) groups excluding carboxylic acids is 2. The number of aryl methyl sites for hydroxylation is 1. The molecule has 0 aliphatic carbocycles. The van der Waals surface area contributed by atoms with Crippen LogP contribution >= 0.6 is 0 Å². The van der Waals surface area contributed by atoms with Crippen LogP contribution in [0.3, 0.4) is 0 Å². The summed E-state index contributed by atoms with van der Waals surface area (Å²) >= 11 is 0. The highest BCUT2D eigenvalue weighted by atomic mass is 16.5. The fourth-order valence-electron chi connectivity index (χ4n) is 3.65. The lowest BCUT2D eigenvalue weighted by Gasteiger charge is -2.32. The van der Waals surface area contributed by atoms with Crippen LogP contribution in [0.1, 0.15) is 37.3 Å². The summed E-state index contributed by atoms with van der Waals surface area (Å²) in [7, 11) is 0. The van der Waals surface area contributed by atoms with Gasteiger partial charge in [-0.3, -0.25) is 4.79 Å². The molecule has 0 bridgehead atoms. The van der Waals surface area contributed by atoms with Crippen molar-refractivity contribution in [3.8, 4) is 5.75 Å². The van der Waals surface area contributed by atoms with Gasteiger partial charge in [0.25, 0.3) is 0 Å². The Morgan fingerprint density at radius 3 is 2.59 bits per heavy atom. The van der Waals surface area contributed by atoms with Crippen LogP contribution in [0, 0.1) is 12.8 Å². The number of rotatable bonds is 8. The molecule has 32 heavy (non-hydrogen) atoms. The molecule has 0 radical (unpaired) electrons. The number of likely N-dealkylation sites (tertiary alicyclic amines) is 1. The molecule has 0 spiro atoms. The highest BCUT2D eigenvalue weighted by Gasteiger charge is 2.22. The third-order valence-electron chi connectivity index (χ3n) is 5.46. The number of carbonyl (C=O) groups is 2. The van der Waals surface area contributed by atoms with E-state index >= 15 is 0 Å². The molecule has 1 aliphatic rings. The van der Waals surface area contributed by atoms with Gasteiger partial charge in [0.15, 0.2) is 0 Å². The third-order valence-corrected chi connectivity index (χ3v) is 5.46. The number of nitrogens with zero attached hydrogens (tertiary/aromatic N) is 1. The second-order valence-corrected chi connectivity index (χ2v) is 8.24. The van der Waals surface area contributed by atoms with Crippen molar-refractivity contribution in [3.63, 3.8) is 0 Å². The van der Waals surface area contributed by atoms with Gasteiger partial charge in [-0.25, -0.2) is 4.79 Å². The maximum absolute atomic E-state index is 12.6. The summed E-state index contributed by atoms with van der Waals surface area (Å²) in [6, 6.07) is 15.2. The van der Waals surface area contributed by atoms with Crippen LogP contribution in [0.4, 0.5) is 10.5 Å². The van der Waals surface area contributed by atoms with Crippen LogP contribution in [0.15, 0.2) is 54.6 Å². The van der Waals surface area contributed by atoms with Gasteiger partial charge in [-0.05, 0) is 68.0 Å². The van der Waals surface area contributed by atoms with E-state index in [2.05, 4.69) is 17.6 Å². The smallest absolute Gasteiger partial charge is 0.319 e. The number of hydrogen-bond acceptors (Lipinski definition) is 3. The van der Waals surface area contributed by atoms with E-state index in [4.69, 9.17) is 4.74 Å². The summed E-state index contributed by atoms with van der Waals surface area (Å²) in [6.45, 7) is 6.73. The highest BCUT2D eigenvalue weighted by Crippen LogP contribution is 2.18. The lowest BCUT2D eigenvalue weighted by Crippen LogP contribution is -2.43. The van der Waals surface area contributed by atoms with Gasteiger partial charge < -0.3 is 20.3 Å². The Bertz CT molecular complexity index is 907. The Balaban J connectivity index is 1.44. The predicted octanol–water partition coefficient (Wildman–Crippen LogP) is 4.86. The van der Waals surface area contributed by atoms with Crippen LogP contribution < -0.4 is 15.4 Å². The number of piperidine rings is 1. The first-order valence-electron chi connectivity index (χ1n) is 11.3. The summed E-state index contributed by atoms with van der Waals surface area (Å²) < 4.78 is 5.59. The zero-order valence-electron chi connectivity index (χ0n) is 19.0. The second kappa shape index (κ2) is 11.9. The molecule has 2 aromatic rings.